The van der Waals surface area contributed by atoms with Crippen LogP contribution in [0, 0.1) is 11.8 Å². The fourth-order valence-electron chi connectivity index (χ4n) is 3.27. The lowest BCUT2D eigenvalue weighted by atomic mass is 9.79. The van der Waals surface area contributed by atoms with Crippen molar-refractivity contribution < 1.29 is 9.90 Å². The van der Waals surface area contributed by atoms with Gasteiger partial charge in [-0.05, 0) is 25.3 Å². The van der Waals surface area contributed by atoms with E-state index in [1.807, 2.05) is 11.9 Å². The first-order valence-electron chi connectivity index (χ1n) is 6.11. The molecule has 2 fully saturated rings. The van der Waals surface area contributed by atoms with Gasteiger partial charge in [0.1, 0.15) is 6.04 Å². The molecule has 1 aliphatic carbocycles. The van der Waals surface area contributed by atoms with Crippen LogP contribution in [0.4, 0.5) is 0 Å². The van der Waals surface area contributed by atoms with Crippen LogP contribution in [-0.4, -0.2) is 35.6 Å². The van der Waals surface area contributed by atoms with Crippen molar-refractivity contribution in [2.45, 2.75) is 44.6 Å². The van der Waals surface area contributed by atoms with Crippen LogP contribution in [0.2, 0.25) is 0 Å². The van der Waals surface area contributed by atoms with Gasteiger partial charge in [0.2, 0.25) is 0 Å². The zero-order chi connectivity index (χ0) is 10.8. The molecule has 0 aromatic rings. The van der Waals surface area contributed by atoms with Gasteiger partial charge < -0.3 is 5.11 Å². The summed E-state index contributed by atoms with van der Waals surface area (Å²) in [6, 6.07) is -0.225. The van der Waals surface area contributed by atoms with Gasteiger partial charge >= 0.3 is 5.97 Å². The monoisotopic (exact) mass is 211 g/mol. The molecule has 3 nitrogen and oxygen atoms in total. The summed E-state index contributed by atoms with van der Waals surface area (Å²) in [7, 11) is 1.95. The van der Waals surface area contributed by atoms with Crippen LogP contribution in [0.3, 0.4) is 0 Å². The zero-order valence-corrected chi connectivity index (χ0v) is 9.48. The minimum absolute atomic E-state index is 0.225. The highest BCUT2D eigenvalue weighted by atomic mass is 16.4. The van der Waals surface area contributed by atoms with E-state index in [1.54, 1.807) is 0 Å². The van der Waals surface area contributed by atoms with E-state index in [1.165, 1.54) is 32.1 Å². The Bertz CT molecular complexity index is 236. The molecule has 0 spiro atoms. The smallest absolute Gasteiger partial charge is 0.320 e. The minimum atomic E-state index is -0.643. The fourth-order valence-corrected chi connectivity index (χ4v) is 3.27. The predicted molar refractivity (Wildman–Crippen MR) is 58.7 cm³/mol. The summed E-state index contributed by atoms with van der Waals surface area (Å²) < 4.78 is 0. The highest BCUT2D eigenvalue weighted by molar-refractivity contribution is 5.73. The van der Waals surface area contributed by atoms with Gasteiger partial charge in [0.15, 0.2) is 0 Å². The second-order valence-corrected chi connectivity index (χ2v) is 5.19. The van der Waals surface area contributed by atoms with Gasteiger partial charge in [-0.3, -0.25) is 9.69 Å². The van der Waals surface area contributed by atoms with E-state index >= 15 is 0 Å². The molecule has 0 amide bonds. The quantitative estimate of drug-likeness (QED) is 0.759. The van der Waals surface area contributed by atoms with Crippen molar-refractivity contribution >= 4 is 5.97 Å². The minimum Gasteiger partial charge on any atom is -0.480 e. The molecule has 2 rings (SSSR count). The van der Waals surface area contributed by atoms with Gasteiger partial charge in [-0.2, -0.15) is 0 Å². The summed E-state index contributed by atoms with van der Waals surface area (Å²) in [4.78, 5) is 13.0. The Morgan fingerprint density at radius 1 is 1.20 bits per heavy atom. The number of likely N-dealkylation sites (tertiary alicyclic amines) is 1. The van der Waals surface area contributed by atoms with Crippen molar-refractivity contribution in [1.29, 1.82) is 0 Å². The van der Waals surface area contributed by atoms with Gasteiger partial charge in [0.25, 0.3) is 0 Å². The molecule has 0 aromatic heterocycles. The molecule has 2 aliphatic rings. The highest BCUT2D eigenvalue weighted by Gasteiger charge is 2.38. The van der Waals surface area contributed by atoms with Crippen LogP contribution in [0.5, 0.6) is 0 Å². The van der Waals surface area contributed by atoms with Gasteiger partial charge in [0.05, 0.1) is 0 Å². The Kier molecular flexibility index (Phi) is 3.29. The molecule has 0 unspecified atom stereocenters. The third kappa shape index (κ3) is 2.33. The van der Waals surface area contributed by atoms with Crippen LogP contribution in [0.1, 0.15) is 38.5 Å². The molecule has 1 heterocycles. The van der Waals surface area contributed by atoms with E-state index in [-0.39, 0.29) is 6.04 Å². The number of carboxylic acid groups (broad SMARTS) is 1. The SMILES string of the molecule is CN1C[C@H](C2CCCCC2)C[C@H]1C(=O)O. The molecule has 86 valence electrons. The van der Waals surface area contributed by atoms with E-state index in [0.717, 1.165) is 18.9 Å². The Balaban J connectivity index is 1.92. The molecule has 1 saturated carbocycles. The van der Waals surface area contributed by atoms with Gasteiger partial charge in [-0.25, -0.2) is 0 Å². The van der Waals surface area contributed by atoms with Crippen LogP contribution < -0.4 is 0 Å². The lowest BCUT2D eigenvalue weighted by Gasteiger charge is -2.27. The first-order chi connectivity index (χ1) is 7.18. The van der Waals surface area contributed by atoms with Gasteiger partial charge in [-0.1, -0.05) is 32.1 Å². The van der Waals surface area contributed by atoms with E-state index in [2.05, 4.69) is 0 Å². The maximum atomic E-state index is 11.0. The third-order valence-electron chi connectivity index (χ3n) is 4.18. The lowest BCUT2D eigenvalue weighted by molar-refractivity contribution is -0.141. The molecular weight excluding hydrogens is 190 g/mol. The van der Waals surface area contributed by atoms with E-state index in [4.69, 9.17) is 5.11 Å². The molecule has 2 atom stereocenters. The molecule has 1 aliphatic heterocycles. The molecule has 15 heavy (non-hydrogen) atoms. The first kappa shape index (κ1) is 10.9. The summed E-state index contributed by atoms with van der Waals surface area (Å²) in [5.74, 6) is 0.790. The molecule has 0 aromatic carbocycles. The highest BCUT2D eigenvalue weighted by Crippen LogP contribution is 2.36. The number of carbonyl (C=O) groups is 1. The van der Waals surface area contributed by atoms with Crippen LogP contribution in [-0.2, 0) is 4.79 Å². The summed E-state index contributed by atoms with van der Waals surface area (Å²) in [6.45, 7) is 0.988. The van der Waals surface area contributed by atoms with E-state index in [9.17, 15) is 4.79 Å². The van der Waals surface area contributed by atoms with Crippen molar-refractivity contribution in [3.63, 3.8) is 0 Å². The molecule has 1 N–H and O–H groups in total. The number of nitrogens with zero attached hydrogens (tertiary/aromatic N) is 1. The maximum absolute atomic E-state index is 11.0. The maximum Gasteiger partial charge on any atom is 0.320 e. The Labute approximate surface area is 91.5 Å². The van der Waals surface area contributed by atoms with E-state index < -0.39 is 5.97 Å². The molecular formula is C12H21NO2. The van der Waals surface area contributed by atoms with E-state index in [0.29, 0.717) is 5.92 Å². The molecule has 3 heteroatoms. The largest absolute Gasteiger partial charge is 0.480 e. The first-order valence-corrected chi connectivity index (χ1v) is 6.11. The number of rotatable bonds is 2. The summed E-state index contributed by atoms with van der Waals surface area (Å²) >= 11 is 0. The van der Waals surface area contributed by atoms with Crippen LogP contribution >= 0.6 is 0 Å². The Morgan fingerprint density at radius 3 is 2.40 bits per heavy atom. The van der Waals surface area contributed by atoms with Crippen molar-refractivity contribution in [3.05, 3.63) is 0 Å². The standard InChI is InChI=1S/C12H21NO2/c1-13-8-10(7-11(13)12(14)15)9-5-3-2-4-6-9/h9-11H,2-8H2,1H3,(H,14,15)/t10-,11+/m1/s1. The second kappa shape index (κ2) is 4.52. The fraction of sp³-hybridized carbons (Fsp3) is 0.917. The Hall–Kier alpha value is -0.570. The van der Waals surface area contributed by atoms with Crippen LogP contribution in [0.15, 0.2) is 0 Å². The summed E-state index contributed by atoms with van der Waals surface area (Å²) in [5.41, 5.74) is 0. The van der Waals surface area contributed by atoms with Crippen molar-refractivity contribution in [2.24, 2.45) is 11.8 Å². The van der Waals surface area contributed by atoms with Crippen LogP contribution in [0.25, 0.3) is 0 Å². The van der Waals surface area contributed by atoms with Crippen molar-refractivity contribution in [1.82, 2.24) is 4.90 Å². The molecule has 1 saturated heterocycles. The number of likely N-dealkylation sites (N-methyl/N-ethyl adjacent to an activating group) is 1. The second-order valence-electron chi connectivity index (χ2n) is 5.19. The normalized spacial score (nSPS) is 34.5. The predicted octanol–water partition coefficient (Wildman–Crippen LogP) is 1.97. The number of hydrogen-bond donors (Lipinski definition) is 1. The topological polar surface area (TPSA) is 40.5 Å². The lowest BCUT2D eigenvalue weighted by Crippen LogP contribution is -2.32. The third-order valence-corrected chi connectivity index (χ3v) is 4.18. The molecule has 0 bridgehead atoms. The molecule has 0 radical (unpaired) electrons. The average molecular weight is 211 g/mol. The zero-order valence-electron chi connectivity index (χ0n) is 9.48. The number of carboxylic acids is 1. The summed E-state index contributed by atoms with van der Waals surface area (Å²) in [5, 5.41) is 9.06. The number of aliphatic carboxylic acids is 1. The number of hydrogen-bond acceptors (Lipinski definition) is 2. The van der Waals surface area contributed by atoms with Gasteiger partial charge in [0, 0.05) is 6.54 Å². The van der Waals surface area contributed by atoms with Crippen molar-refractivity contribution in [3.8, 4) is 0 Å². The van der Waals surface area contributed by atoms with Gasteiger partial charge in [-0.15, -0.1) is 0 Å². The Morgan fingerprint density at radius 2 is 1.87 bits per heavy atom. The van der Waals surface area contributed by atoms with Crippen molar-refractivity contribution in [2.75, 3.05) is 13.6 Å². The summed E-state index contributed by atoms with van der Waals surface area (Å²) in [6.07, 6.45) is 7.60. The average Bonchev–Trinajstić information content (AvgIpc) is 2.62.